The van der Waals surface area contributed by atoms with Crippen molar-refractivity contribution in [2.24, 2.45) is 5.41 Å². The summed E-state index contributed by atoms with van der Waals surface area (Å²) in [6.07, 6.45) is 7.75. The number of carbonyl (C=O) groups is 3. The third-order valence-corrected chi connectivity index (χ3v) is 6.11. The van der Waals surface area contributed by atoms with Crippen LogP contribution in [0, 0.1) is 5.41 Å². The van der Waals surface area contributed by atoms with Crippen LogP contribution < -0.4 is 5.32 Å². The zero-order valence-corrected chi connectivity index (χ0v) is 12.5. The number of thioether (sulfide) groups is 1. The normalized spacial score (nSPS) is 33.0. The van der Waals surface area contributed by atoms with E-state index in [2.05, 4.69) is 11.6 Å². The van der Waals surface area contributed by atoms with E-state index in [1.54, 1.807) is 11.8 Å². The Morgan fingerprint density at radius 3 is 2.50 bits per heavy atom. The number of urea groups is 1. The molecule has 0 aromatic carbocycles. The fourth-order valence-corrected chi connectivity index (χ4v) is 4.60. The SMILES string of the molecule is CSC1CCC(N2C(=O)NC(=O)C3(CCCC3)C2=O)C1. The first-order chi connectivity index (χ1) is 9.58. The Labute approximate surface area is 122 Å². The van der Waals surface area contributed by atoms with Crippen molar-refractivity contribution >= 4 is 29.6 Å². The molecule has 6 heteroatoms. The minimum Gasteiger partial charge on any atom is -0.277 e. The number of barbiturate groups is 1. The summed E-state index contributed by atoms with van der Waals surface area (Å²) in [5, 5.41) is 2.93. The Kier molecular flexibility index (Phi) is 3.52. The molecule has 5 nitrogen and oxygen atoms in total. The Morgan fingerprint density at radius 1 is 1.20 bits per heavy atom. The van der Waals surface area contributed by atoms with Crippen molar-refractivity contribution in [1.82, 2.24) is 10.2 Å². The average molecular weight is 296 g/mol. The molecule has 3 rings (SSSR count). The van der Waals surface area contributed by atoms with Gasteiger partial charge in [-0.3, -0.25) is 19.8 Å². The highest BCUT2D eigenvalue weighted by molar-refractivity contribution is 7.99. The molecule has 2 unspecified atom stereocenters. The maximum absolute atomic E-state index is 12.8. The van der Waals surface area contributed by atoms with Crippen molar-refractivity contribution in [3.63, 3.8) is 0 Å². The van der Waals surface area contributed by atoms with Gasteiger partial charge in [0.05, 0.1) is 0 Å². The second kappa shape index (κ2) is 5.06. The Balaban J connectivity index is 1.85. The molecular formula is C14H20N2O3S. The highest BCUT2D eigenvalue weighted by atomic mass is 32.2. The lowest BCUT2D eigenvalue weighted by Gasteiger charge is -2.39. The third kappa shape index (κ3) is 1.96. The molecule has 1 saturated heterocycles. The van der Waals surface area contributed by atoms with E-state index in [0.29, 0.717) is 18.1 Å². The molecule has 2 aliphatic carbocycles. The van der Waals surface area contributed by atoms with Gasteiger partial charge in [0.15, 0.2) is 0 Å². The molecule has 3 aliphatic rings. The zero-order chi connectivity index (χ0) is 14.3. The van der Waals surface area contributed by atoms with Crippen molar-refractivity contribution in [1.29, 1.82) is 0 Å². The van der Waals surface area contributed by atoms with Gasteiger partial charge in [-0.05, 0) is 38.4 Å². The van der Waals surface area contributed by atoms with E-state index >= 15 is 0 Å². The molecular weight excluding hydrogens is 276 g/mol. The molecule has 2 saturated carbocycles. The minimum atomic E-state index is -0.953. The van der Waals surface area contributed by atoms with E-state index in [0.717, 1.165) is 32.1 Å². The minimum absolute atomic E-state index is 0.0366. The standard InChI is InChI=1S/C14H20N2O3S/c1-20-10-5-4-9(8-10)16-12(18)14(6-2-3-7-14)11(17)15-13(16)19/h9-10H,2-8H2,1H3,(H,15,17,19). The molecule has 20 heavy (non-hydrogen) atoms. The fraction of sp³-hybridized carbons (Fsp3) is 0.786. The van der Waals surface area contributed by atoms with Gasteiger partial charge in [-0.2, -0.15) is 11.8 Å². The van der Waals surface area contributed by atoms with Crippen molar-refractivity contribution < 1.29 is 14.4 Å². The summed E-state index contributed by atoms with van der Waals surface area (Å²) in [7, 11) is 0. The predicted octanol–water partition coefficient (Wildman–Crippen LogP) is 1.91. The lowest BCUT2D eigenvalue weighted by Crippen LogP contribution is -2.65. The molecule has 3 fully saturated rings. The second-order valence-electron chi connectivity index (χ2n) is 6.05. The lowest BCUT2D eigenvalue weighted by molar-refractivity contribution is -0.152. The van der Waals surface area contributed by atoms with Crippen LogP contribution in [0.4, 0.5) is 4.79 Å². The number of hydrogen-bond acceptors (Lipinski definition) is 4. The average Bonchev–Trinajstić information content (AvgIpc) is 3.07. The van der Waals surface area contributed by atoms with Crippen LogP contribution in [0.5, 0.6) is 0 Å². The van der Waals surface area contributed by atoms with Gasteiger partial charge < -0.3 is 0 Å². The van der Waals surface area contributed by atoms with Gasteiger partial charge in [0.2, 0.25) is 11.8 Å². The van der Waals surface area contributed by atoms with Gasteiger partial charge in [0, 0.05) is 11.3 Å². The van der Waals surface area contributed by atoms with Gasteiger partial charge in [0.1, 0.15) is 5.41 Å². The summed E-state index contributed by atoms with van der Waals surface area (Å²) < 4.78 is 0. The number of rotatable bonds is 2. The van der Waals surface area contributed by atoms with Crippen molar-refractivity contribution in [3.8, 4) is 0 Å². The van der Waals surface area contributed by atoms with Gasteiger partial charge in [-0.15, -0.1) is 0 Å². The third-order valence-electron chi connectivity index (χ3n) is 5.01. The molecule has 110 valence electrons. The molecule has 4 amide bonds. The Bertz CT molecular complexity index is 459. The monoisotopic (exact) mass is 296 g/mol. The van der Waals surface area contributed by atoms with E-state index in [9.17, 15) is 14.4 Å². The van der Waals surface area contributed by atoms with Crippen LogP contribution in [-0.4, -0.2) is 40.3 Å². The largest absolute Gasteiger partial charge is 0.331 e. The van der Waals surface area contributed by atoms with Crippen molar-refractivity contribution in [2.75, 3.05) is 6.26 Å². The first-order valence-corrected chi connectivity index (χ1v) is 8.59. The van der Waals surface area contributed by atoms with Gasteiger partial charge in [-0.1, -0.05) is 12.8 Å². The van der Waals surface area contributed by atoms with Crippen LogP contribution in [0.3, 0.4) is 0 Å². The molecule has 0 aromatic rings. The summed E-state index contributed by atoms with van der Waals surface area (Å²) in [6.45, 7) is 0. The van der Waals surface area contributed by atoms with Crippen LogP contribution in [-0.2, 0) is 9.59 Å². The number of amides is 4. The molecule has 0 radical (unpaired) electrons. The van der Waals surface area contributed by atoms with Crippen molar-refractivity contribution in [2.45, 2.75) is 56.2 Å². The summed E-state index contributed by atoms with van der Waals surface area (Å²) in [5.74, 6) is -0.615. The van der Waals surface area contributed by atoms with E-state index in [-0.39, 0.29) is 17.9 Å². The van der Waals surface area contributed by atoms with Gasteiger partial charge in [-0.25, -0.2) is 4.79 Å². The number of hydrogen-bond donors (Lipinski definition) is 1. The van der Waals surface area contributed by atoms with Crippen LogP contribution in [0.15, 0.2) is 0 Å². The van der Waals surface area contributed by atoms with Crippen LogP contribution in [0.25, 0.3) is 0 Å². The molecule has 1 heterocycles. The Hall–Kier alpha value is -1.04. The van der Waals surface area contributed by atoms with Crippen LogP contribution in [0.1, 0.15) is 44.9 Å². The van der Waals surface area contributed by atoms with Crippen LogP contribution in [0.2, 0.25) is 0 Å². The van der Waals surface area contributed by atoms with E-state index in [1.165, 1.54) is 4.90 Å². The number of nitrogens with zero attached hydrogens (tertiary/aromatic N) is 1. The zero-order valence-electron chi connectivity index (χ0n) is 11.7. The summed E-state index contributed by atoms with van der Waals surface area (Å²) >= 11 is 1.79. The van der Waals surface area contributed by atoms with Gasteiger partial charge in [0.25, 0.3) is 0 Å². The molecule has 1 N–H and O–H groups in total. The first kappa shape index (κ1) is 13.9. The summed E-state index contributed by atoms with van der Waals surface area (Å²) in [4.78, 5) is 38.4. The molecule has 0 aromatic heterocycles. The van der Waals surface area contributed by atoms with Crippen LogP contribution >= 0.6 is 11.8 Å². The lowest BCUT2D eigenvalue weighted by atomic mass is 9.81. The topological polar surface area (TPSA) is 66.5 Å². The fourth-order valence-electron chi connectivity index (χ4n) is 3.81. The maximum atomic E-state index is 12.8. The quantitative estimate of drug-likeness (QED) is 0.791. The maximum Gasteiger partial charge on any atom is 0.331 e. The van der Waals surface area contributed by atoms with E-state index in [1.807, 2.05) is 0 Å². The number of carbonyl (C=O) groups excluding carboxylic acids is 3. The van der Waals surface area contributed by atoms with Gasteiger partial charge >= 0.3 is 6.03 Å². The second-order valence-corrected chi connectivity index (χ2v) is 7.19. The van der Waals surface area contributed by atoms with Crippen molar-refractivity contribution in [3.05, 3.63) is 0 Å². The molecule has 1 spiro atoms. The predicted molar refractivity (Wildman–Crippen MR) is 76.2 cm³/mol. The van der Waals surface area contributed by atoms with E-state index in [4.69, 9.17) is 0 Å². The molecule has 2 atom stereocenters. The number of imide groups is 2. The highest BCUT2D eigenvalue weighted by Crippen LogP contribution is 2.43. The van der Waals surface area contributed by atoms with E-state index < -0.39 is 11.4 Å². The Morgan fingerprint density at radius 2 is 1.90 bits per heavy atom. The summed E-state index contributed by atoms with van der Waals surface area (Å²) in [6, 6.07) is -0.546. The smallest absolute Gasteiger partial charge is 0.277 e. The molecule has 1 aliphatic heterocycles. The summed E-state index contributed by atoms with van der Waals surface area (Å²) in [5.41, 5.74) is -0.953. The first-order valence-electron chi connectivity index (χ1n) is 7.30. The molecule has 0 bridgehead atoms. The number of nitrogens with one attached hydrogen (secondary N) is 1. The highest BCUT2D eigenvalue weighted by Gasteiger charge is 2.56.